The van der Waals surface area contributed by atoms with Gasteiger partial charge < -0.3 is 15.2 Å². The molecule has 0 aliphatic rings. The van der Waals surface area contributed by atoms with Gasteiger partial charge in [0.25, 0.3) is 0 Å². The van der Waals surface area contributed by atoms with Crippen molar-refractivity contribution in [2.24, 2.45) is 5.73 Å². The second-order valence-electron chi connectivity index (χ2n) is 8.50. The zero-order chi connectivity index (χ0) is 27.1. The topological polar surface area (TPSA) is 140 Å². The molecule has 0 radical (unpaired) electrons. The molecule has 0 aliphatic carbocycles. The summed E-state index contributed by atoms with van der Waals surface area (Å²) in [5, 5.41) is 9.95. The van der Waals surface area contributed by atoms with Crippen LogP contribution in [0.1, 0.15) is 36.2 Å². The molecule has 1 aromatic heterocycles. The minimum absolute atomic E-state index is 0.00819. The van der Waals surface area contributed by atoms with Gasteiger partial charge in [-0.2, -0.15) is 5.26 Å². The molecule has 196 valence electrons. The Balaban J connectivity index is 1.73. The number of hydrogen-bond donors (Lipinski definition) is 2. The number of sulfonamides is 1. The van der Waals surface area contributed by atoms with Crippen molar-refractivity contribution in [2.45, 2.75) is 25.9 Å². The second-order valence-corrected chi connectivity index (χ2v) is 11.1. The number of nitrogens with two attached hydrogens (primary N) is 1. The van der Waals surface area contributed by atoms with Gasteiger partial charge in [-0.1, -0.05) is 37.6 Å². The molecule has 2 aromatic carbocycles. The molecule has 0 unspecified atom stereocenters. The van der Waals surface area contributed by atoms with E-state index in [4.69, 9.17) is 38.4 Å². The van der Waals surface area contributed by atoms with E-state index in [1.165, 1.54) is 6.20 Å². The van der Waals surface area contributed by atoms with Gasteiger partial charge in [0.15, 0.2) is 5.75 Å². The Morgan fingerprint density at radius 1 is 1.14 bits per heavy atom. The summed E-state index contributed by atoms with van der Waals surface area (Å²) in [7, 11) is -3.60. The third-order valence-corrected chi connectivity index (χ3v) is 7.22. The van der Waals surface area contributed by atoms with E-state index in [1.54, 1.807) is 18.2 Å². The van der Waals surface area contributed by atoms with Gasteiger partial charge in [0.05, 0.1) is 27.9 Å². The summed E-state index contributed by atoms with van der Waals surface area (Å²) in [4.78, 5) is 8.11. The van der Waals surface area contributed by atoms with E-state index in [0.717, 1.165) is 11.1 Å². The lowest BCUT2D eigenvalue weighted by Gasteiger charge is -2.27. The van der Waals surface area contributed by atoms with Gasteiger partial charge in [-0.15, -0.1) is 11.6 Å². The molecule has 0 fully saturated rings. The Bertz CT molecular complexity index is 1380. The van der Waals surface area contributed by atoms with Crippen molar-refractivity contribution in [3.8, 4) is 17.6 Å². The number of aromatic nitrogens is 2. The summed E-state index contributed by atoms with van der Waals surface area (Å²) >= 11 is 12.1. The van der Waals surface area contributed by atoms with Crippen LogP contribution in [0.4, 0.5) is 5.95 Å². The van der Waals surface area contributed by atoms with Crippen LogP contribution in [0.25, 0.3) is 0 Å². The highest BCUT2D eigenvalue weighted by Crippen LogP contribution is 2.38. The fraction of sp³-hybridized carbons (Fsp3) is 0.320. The molecule has 3 aromatic rings. The third kappa shape index (κ3) is 7.46. The maximum Gasteiger partial charge on any atom is 0.236 e. The summed E-state index contributed by atoms with van der Waals surface area (Å²) in [6, 6.07) is 14.9. The molecule has 3 N–H and O–H groups in total. The largest absolute Gasteiger partial charge is 0.489 e. The number of benzene rings is 2. The highest BCUT2D eigenvalue weighted by Gasteiger charge is 2.26. The van der Waals surface area contributed by atoms with Crippen molar-refractivity contribution in [3.63, 3.8) is 0 Å². The molecule has 0 saturated carbocycles. The first kappa shape index (κ1) is 28.5. The fourth-order valence-corrected chi connectivity index (χ4v) is 4.63. The van der Waals surface area contributed by atoms with Gasteiger partial charge in [0, 0.05) is 18.2 Å². The smallest absolute Gasteiger partial charge is 0.236 e. The van der Waals surface area contributed by atoms with Crippen molar-refractivity contribution in [2.75, 3.05) is 29.5 Å². The average molecular weight is 564 g/mol. The standard InChI is InChI=1S/C25H27Cl2N5O4S/c1-25(2,19-13-17(15-29)23(22(27)14-19)35-11-8-26)18-3-5-21(6-4-18)36-16-20-7-10-30-24(31-20)32-37(33,34)12-9-28/h3-7,10,13-14H,8-9,11-12,16,28H2,1-2H3,(H,30,31,32). The fourth-order valence-electron chi connectivity index (χ4n) is 3.49. The number of halogens is 2. The van der Waals surface area contributed by atoms with E-state index in [0.29, 0.717) is 27.8 Å². The van der Waals surface area contributed by atoms with Crippen molar-refractivity contribution in [1.82, 2.24) is 9.97 Å². The number of hydrogen-bond acceptors (Lipinski definition) is 8. The van der Waals surface area contributed by atoms with Crippen LogP contribution in [0.2, 0.25) is 5.02 Å². The number of anilines is 1. The molecule has 3 rings (SSSR count). The maximum absolute atomic E-state index is 11.9. The van der Waals surface area contributed by atoms with E-state index in [1.807, 2.05) is 38.1 Å². The Morgan fingerprint density at radius 2 is 1.86 bits per heavy atom. The molecule has 1 heterocycles. The quantitative estimate of drug-likeness (QED) is 0.312. The average Bonchev–Trinajstić information content (AvgIpc) is 2.86. The maximum atomic E-state index is 11.9. The molecular weight excluding hydrogens is 537 g/mol. The summed E-state index contributed by atoms with van der Waals surface area (Å²) in [5.74, 6) is 0.947. The lowest BCUT2D eigenvalue weighted by atomic mass is 9.77. The Hall–Kier alpha value is -3.10. The number of ether oxygens (including phenoxy) is 2. The van der Waals surface area contributed by atoms with Crippen LogP contribution >= 0.6 is 23.2 Å². The molecule has 0 spiro atoms. The first-order valence-electron chi connectivity index (χ1n) is 11.3. The molecule has 12 heteroatoms. The van der Waals surface area contributed by atoms with Gasteiger partial charge in [0.2, 0.25) is 16.0 Å². The van der Waals surface area contributed by atoms with Crippen LogP contribution in [0.5, 0.6) is 11.5 Å². The minimum atomic E-state index is -3.60. The van der Waals surface area contributed by atoms with Crippen molar-refractivity contribution >= 4 is 39.2 Å². The van der Waals surface area contributed by atoms with Crippen LogP contribution in [0, 0.1) is 11.3 Å². The summed E-state index contributed by atoms with van der Waals surface area (Å²) in [5.41, 5.74) is 7.52. The lowest BCUT2D eigenvalue weighted by molar-refractivity contribution is 0.301. The molecule has 0 atom stereocenters. The summed E-state index contributed by atoms with van der Waals surface area (Å²) < 4.78 is 37.4. The predicted octanol–water partition coefficient (Wildman–Crippen LogP) is 4.22. The molecule has 37 heavy (non-hydrogen) atoms. The van der Waals surface area contributed by atoms with Crippen LogP contribution in [-0.2, 0) is 22.0 Å². The van der Waals surface area contributed by atoms with Gasteiger partial charge in [-0.05, 0) is 41.5 Å². The number of nitrogens with zero attached hydrogens (tertiary/aromatic N) is 3. The summed E-state index contributed by atoms with van der Waals surface area (Å²) in [6.07, 6.45) is 1.45. The van der Waals surface area contributed by atoms with E-state index in [-0.39, 0.29) is 37.3 Å². The first-order chi connectivity index (χ1) is 17.6. The molecular formula is C25H27Cl2N5O4S. The third-order valence-electron chi connectivity index (χ3n) is 5.52. The van der Waals surface area contributed by atoms with E-state index in [2.05, 4.69) is 20.8 Å². The zero-order valence-corrected chi connectivity index (χ0v) is 22.7. The molecule has 0 bridgehead atoms. The van der Waals surface area contributed by atoms with E-state index in [9.17, 15) is 13.7 Å². The Kier molecular flexibility index (Phi) is 9.56. The van der Waals surface area contributed by atoms with Crippen LogP contribution in [0.15, 0.2) is 48.7 Å². The van der Waals surface area contributed by atoms with Crippen molar-refractivity contribution in [3.05, 3.63) is 76.1 Å². The van der Waals surface area contributed by atoms with Crippen molar-refractivity contribution in [1.29, 1.82) is 5.26 Å². The van der Waals surface area contributed by atoms with Gasteiger partial charge >= 0.3 is 0 Å². The van der Waals surface area contributed by atoms with Gasteiger partial charge in [0.1, 0.15) is 25.0 Å². The highest BCUT2D eigenvalue weighted by atomic mass is 35.5. The second kappa shape index (κ2) is 12.4. The molecule has 9 nitrogen and oxygen atoms in total. The van der Waals surface area contributed by atoms with E-state index < -0.39 is 15.4 Å². The Labute approximate surface area is 226 Å². The lowest BCUT2D eigenvalue weighted by Crippen LogP contribution is -2.23. The normalized spacial score (nSPS) is 11.6. The Morgan fingerprint density at radius 3 is 2.51 bits per heavy atom. The number of rotatable bonds is 12. The van der Waals surface area contributed by atoms with Crippen LogP contribution in [-0.4, -0.2) is 43.2 Å². The first-order valence-corrected chi connectivity index (χ1v) is 13.8. The number of alkyl halides is 1. The van der Waals surface area contributed by atoms with Crippen molar-refractivity contribution < 1.29 is 17.9 Å². The zero-order valence-electron chi connectivity index (χ0n) is 20.4. The van der Waals surface area contributed by atoms with Crippen LogP contribution in [0.3, 0.4) is 0 Å². The number of nitriles is 1. The number of nitrogens with one attached hydrogen (secondary N) is 1. The minimum Gasteiger partial charge on any atom is -0.489 e. The summed E-state index contributed by atoms with van der Waals surface area (Å²) in [6.45, 7) is 4.42. The molecule has 0 aliphatic heterocycles. The van der Waals surface area contributed by atoms with E-state index >= 15 is 0 Å². The van der Waals surface area contributed by atoms with Gasteiger partial charge in [-0.3, -0.25) is 4.72 Å². The van der Waals surface area contributed by atoms with Gasteiger partial charge in [-0.25, -0.2) is 18.4 Å². The SMILES string of the molecule is CC(C)(c1ccc(OCc2ccnc(NS(=O)(=O)CCN)n2)cc1)c1cc(Cl)c(OCCCl)c(C#N)c1. The molecule has 0 saturated heterocycles. The predicted molar refractivity (Wildman–Crippen MR) is 144 cm³/mol. The highest BCUT2D eigenvalue weighted by molar-refractivity contribution is 7.92. The monoisotopic (exact) mass is 563 g/mol. The van der Waals surface area contributed by atoms with Crippen LogP contribution < -0.4 is 19.9 Å². The molecule has 0 amide bonds.